The predicted molar refractivity (Wildman–Crippen MR) is 174 cm³/mol. The van der Waals surface area contributed by atoms with Gasteiger partial charge in [0.05, 0.1) is 0 Å². The minimum atomic E-state index is 1.01. The van der Waals surface area contributed by atoms with Crippen LogP contribution in [0.4, 0.5) is 0 Å². The van der Waals surface area contributed by atoms with Crippen LogP contribution >= 0.6 is 28.5 Å². The summed E-state index contributed by atoms with van der Waals surface area (Å²) in [7, 11) is 1.25. The Hall–Kier alpha value is -1.03. The molecule has 0 bridgehead atoms. The van der Waals surface area contributed by atoms with Gasteiger partial charge in [0.15, 0.2) is 0 Å². The number of hydrogen-bond acceptors (Lipinski definition) is 0. The molecule has 39 heavy (non-hydrogen) atoms. The number of aryl methyl sites for hydroxylation is 4. The van der Waals surface area contributed by atoms with Gasteiger partial charge < -0.3 is 5.53 Å². The Morgan fingerprint density at radius 2 is 0.923 bits per heavy atom. The first kappa shape index (κ1) is 34.2. The number of allylic oxidation sites excluding steroid dienone is 2. The van der Waals surface area contributed by atoms with Gasteiger partial charge in [0.1, 0.15) is 0 Å². The molecule has 0 amide bonds. The third-order valence-electron chi connectivity index (χ3n) is 7.71. The van der Waals surface area contributed by atoms with Gasteiger partial charge in [-0.25, -0.2) is 4.70 Å². The summed E-state index contributed by atoms with van der Waals surface area (Å²) in [5.41, 5.74) is 24.5. The van der Waals surface area contributed by atoms with Gasteiger partial charge in [0.25, 0.3) is 0 Å². The summed E-state index contributed by atoms with van der Waals surface area (Å²) in [4.78, 5) is 0. The van der Waals surface area contributed by atoms with Crippen molar-refractivity contribution in [3.8, 4) is 0 Å². The molecule has 1 heterocycles. The number of hydrogen-bond donors (Lipinski definition) is 0. The van der Waals surface area contributed by atoms with Crippen LogP contribution in [0.25, 0.3) is 16.9 Å². The van der Waals surface area contributed by atoms with Gasteiger partial charge in [-0.3, -0.25) is 0 Å². The summed E-state index contributed by atoms with van der Waals surface area (Å²) < 4.78 is 1.57. The molecule has 0 N–H and O–H groups in total. The van der Waals surface area contributed by atoms with Crippen molar-refractivity contribution in [1.82, 2.24) is 0 Å². The summed E-state index contributed by atoms with van der Waals surface area (Å²) in [5, 5.41) is 0. The maximum atomic E-state index is 12.0. The molecule has 218 valence electrons. The molecule has 0 aromatic heterocycles. The molecule has 2 aromatic rings. The number of benzene rings is 2. The van der Waals surface area contributed by atoms with Crippen LogP contribution in [0.15, 0.2) is 47.5 Å². The number of halogens is 2. The van der Waals surface area contributed by atoms with Gasteiger partial charge in [-0.15, -0.1) is 0 Å². The Bertz CT molecular complexity index is 1110. The number of unbranched alkanes of at least 4 members (excludes halogenated alkanes) is 4. The van der Waals surface area contributed by atoms with E-state index in [1.807, 2.05) is 0 Å². The van der Waals surface area contributed by atoms with E-state index in [9.17, 15) is 5.53 Å². The fourth-order valence-electron chi connectivity index (χ4n) is 5.48. The van der Waals surface area contributed by atoms with Crippen LogP contribution in [0.2, 0.25) is 0 Å². The fourth-order valence-corrected chi connectivity index (χ4v) is 5.48. The van der Waals surface area contributed by atoms with Gasteiger partial charge in [0, 0.05) is 22.3 Å². The van der Waals surface area contributed by atoms with E-state index in [1.165, 1.54) is 81.1 Å². The molecule has 2 aromatic carbocycles. The summed E-state index contributed by atoms with van der Waals surface area (Å²) in [6, 6.07) is 13.9. The third kappa shape index (κ3) is 9.51. The summed E-state index contributed by atoms with van der Waals surface area (Å²) in [6.07, 6.45) is 13.3. The van der Waals surface area contributed by atoms with Crippen molar-refractivity contribution >= 4 is 39.8 Å². The van der Waals surface area contributed by atoms with E-state index in [0.717, 1.165) is 62.8 Å². The Morgan fingerprint density at radius 1 is 0.564 bits per heavy atom. The molecule has 0 radical (unpaired) electrons. The molecule has 0 unspecified atom stereocenters. The molecule has 2 nitrogen and oxygen atoms in total. The van der Waals surface area contributed by atoms with Crippen LogP contribution in [0.3, 0.4) is 0 Å². The van der Waals surface area contributed by atoms with E-state index in [1.54, 1.807) is 4.70 Å². The summed E-state index contributed by atoms with van der Waals surface area (Å²) in [6.45, 7) is 13.4. The molecule has 3 rings (SSSR count). The number of nitrogens with zero attached hydrogens (tertiary/aromatic N) is 2. The van der Waals surface area contributed by atoms with E-state index in [0.29, 0.717) is 0 Å². The average molecular weight is 703 g/mol. The van der Waals surface area contributed by atoms with Crippen molar-refractivity contribution in [2.75, 3.05) is 0 Å². The second-order valence-corrected chi connectivity index (χ2v) is 15.4. The topological polar surface area (TPSA) is 25.3 Å². The summed E-state index contributed by atoms with van der Waals surface area (Å²) >= 11 is 6.00. The normalized spacial score (nSPS) is 13.4. The zero-order chi connectivity index (χ0) is 28.8. The van der Waals surface area contributed by atoms with Crippen LogP contribution in [0, 0.1) is 0 Å². The fraction of sp³-hybridized carbons (Fsp3) is 0.529. The van der Waals surface area contributed by atoms with Crippen LogP contribution < -0.4 is 0 Å². The molecule has 1 aliphatic rings. The van der Waals surface area contributed by atoms with Crippen molar-refractivity contribution in [3.05, 3.63) is 86.5 Å². The van der Waals surface area contributed by atoms with Gasteiger partial charge in [-0.2, -0.15) is 0 Å². The first-order valence-electron chi connectivity index (χ1n) is 15.0. The predicted octanol–water partition coefficient (Wildman–Crippen LogP) is 12.0. The monoisotopic (exact) mass is 700 g/mol. The molecule has 0 fully saturated rings. The summed E-state index contributed by atoms with van der Waals surface area (Å²) in [5.74, 6) is 0. The van der Waals surface area contributed by atoms with Gasteiger partial charge in [0.2, 0.25) is 11.4 Å². The molecule has 0 atom stereocenters. The van der Waals surface area contributed by atoms with Crippen molar-refractivity contribution < 1.29 is 15.6 Å². The molecular weight excluding hydrogens is 655 g/mol. The Kier molecular flexibility index (Phi) is 16.1. The van der Waals surface area contributed by atoms with Crippen LogP contribution in [-0.2, 0) is 36.6 Å². The molecule has 0 saturated carbocycles. The second kappa shape index (κ2) is 18.4. The van der Waals surface area contributed by atoms with Crippen molar-refractivity contribution in [2.45, 2.75) is 119 Å². The van der Waals surface area contributed by atoms with Crippen molar-refractivity contribution in [3.63, 3.8) is 0 Å². The van der Waals surface area contributed by atoms with Gasteiger partial charge in [-0.1, -0.05) is 79.4 Å². The second-order valence-electron chi connectivity index (χ2n) is 10.4. The van der Waals surface area contributed by atoms with Crippen molar-refractivity contribution in [2.24, 2.45) is 0 Å². The Balaban J connectivity index is 0.00000170. The molecule has 0 aliphatic carbocycles. The molecule has 0 saturated heterocycles. The molecule has 0 spiro atoms. The van der Waals surface area contributed by atoms with Crippen molar-refractivity contribution in [1.29, 1.82) is 0 Å². The minimum absolute atomic E-state index is 1.01. The zero-order valence-electron chi connectivity index (χ0n) is 24.9. The molecular formula is C34H48Br2N2Ni. The maximum absolute atomic E-state index is 12.0. The first-order chi connectivity index (χ1) is 18.9. The van der Waals surface area contributed by atoms with E-state index < -0.39 is 0 Å². The molecule has 5 heteroatoms. The number of rotatable bonds is 14. The molecule has 1 aliphatic heterocycles. The van der Waals surface area contributed by atoms with Crippen LogP contribution in [0.5, 0.6) is 0 Å². The Morgan fingerprint density at radius 3 is 1.26 bits per heavy atom. The van der Waals surface area contributed by atoms with Gasteiger partial charge in [-0.05, 0) is 97.9 Å². The SMILES string of the molecule is CCCCCCC1=C(c2cc(CC)cc(CC)c2)[N+](=[N-])C(c2cc(CC)cc(CC)c2)=C1CCCC.[Br][Ni][Br]. The van der Waals surface area contributed by atoms with Crippen LogP contribution in [0.1, 0.15) is 126 Å². The van der Waals surface area contributed by atoms with Crippen LogP contribution in [-0.4, -0.2) is 4.70 Å². The van der Waals surface area contributed by atoms with E-state index >= 15 is 0 Å². The van der Waals surface area contributed by atoms with E-state index in [2.05, 4.69) is 106 Å². The van der Waals surface area contributed by atoms with E-state index in [4.69, 9.17) is 0 Å². The first-order valence-corrected chi connectivity index (χ1v) is 19.8. The van der Waals surface area contributed by atoms with E-state index in [-0.39, 0.29) is 0 Å². The Labute approximate surface area is 259 Å². The average Bonchev–Trinajstić information content (AvgIpc) is 3.24. The zero-order valence-corrected chi connectivity index (χ0v) is 29.1. The third-order valence-corrected chi connectivity index (χ3v) is 7.71. The standard InChI is InChI=1S/C34H48N2.2BrH.Ni/c1-7-13-15-16-18-32-31(17-14-8-2)33(29-21-25(9-3)19-26(10-4)22-29)36(35)34(32)30-23-27(11-5)20-28(12-6)24-30;;;/h19-24H,7-18H2,1-6H3;2*1H;/q;;;+2/p-2. The quantitative estimate of drug-likeness (QED) is 0.106. The van der Waals surface area contributed by atoms with Gasteiger partial charge >= 0.3 is 39.3 Å².